The quantitative estimate of drug-likeness (QED) is 0.115. The summed E-state index contributed by atoms with van der Waals surface area (Å²) < 4.78 is 0. The molecule has 62 heavy (non-hydrogen) atoms. The Kier molecular flexibility index (Phi) is 20.9. The van der Waals surface area contributed by atoms with Crippen LogP contribution in [0.3, 0.4) is 0 Å². The fraction of sp³-hybridized carbons (Fsp3) is 0.556. The van der Waals surface area contributed by atoms with Crippen LogP contribution in [-0.2, 0) is 46.4 Å². The summed E-state index contributed by atoms with van der Waals surface area (Å²) in [6.45, 7) is 7.17. The van der Waals surface area contributed by atoms with Gasteiger partial charge in [0.1, 0.15) is 36.3 Å². The van der Waals surface area contributed by atoms with Crippen LogP contribution in [0.5, 0.6) is 0 Å². The van der Waals surface area contributed by atoms with Gasteiger partial charge in [-0.1, -0.05) is 108 Å². The number of benzene rings is 2. The number of hydrogen-bond acceptors (Lipinski definition) is 8. The van der Waals surface area contributed by atoms with Gasteiger partial charge in [0.05, 0.1) is 6.42 Å². The van der Waals surface area contributed by atoms with Crippen LogP contribution >= 0.6 is 0 Å². The number of hydrogen-bond donors (Lipinski definition) is 8. The van der Waals surface area contributed by atoms with Gasteiger partial charge in [0.25, 0.3) is 0 Å². The average molecular weight is 863 g/mol. The Bertz CT molecular complexity index is 1810. The molecule has 8 amide bonds. The third kappa shape index (κ3) is 16.1. The summed E-state index contributed by atoms with van der Waals surface area (Å²) in [5, 5.41) is 26.0. The van der Waals surface area contributed by atoms with Crippen molar-refractivity contribution in [2.75, 3.05) is 13.6 Å². The summed E-state index contributed by atoms with van der Waals surface area (Å²) in [5.41, 5.74) is 7.43. The van der Waals surface area contributed by atoms with E-state index >= 15 is 0 Å². The minimum absolute atomic E-state index is 0.0529. The summed E-state index contributed by atoms with van der Waals surface area (Å²) in [4.78, 5) is 109. The Morgan fingerprint density at radius 1 is 0.806 bits per heavy atom. The van der Waals surface area contributed by atoms with E-state index in [1.807, 2.05) is 43.3 Å². The van der Waals surface area contributed by atoms with Gasteiger partial charge in [0.15, 0.2) is 0 Å². The van der Waals surface area contributed by atoms with Crippen LogP contribution in [0.1, 0.15) is 96.6 Å². The average Bonchev–Trinajstić information content (AvgIpc) is 3.25. The number of aryl methyl sites for hydroxylation is 1. The molecule has 340 valence electrons. The Hall–Kier alpha value is -6.00. The fourth-order valence-corrected chi connectivity index (χ4v) is 7.22. The molecular weight excluding hydrogens is 797 g/mol. The van der Waals surface area contributed by atoms with E-state index in [2.05, 4.69) is 31.9 Å². The monoisotopic (exact) mass is 862 g/mol. The van der Waals surface area contributed by atoms with Crippen LogP contribution in [0.25, 0.3) is 0 Å². The van der Waals surface area contributed by atoms with Crippen LogP contribution in [0.2, 0.25) is 0 Å². The highest BCUT2D eigenvalue weighted by Gasteiger charge is 2.37. The Morgan fingerprint density at radius 2 is 1.44 bits per heavy atom. The zero-order chi connectivity index (χ0) is 45.8. The molecule has 2 aromatic carbocycles. The fourth-order valence-electron chi connectivity index (χ4n) is 7.22. The van der Waals surface area contributed by atoms with Gasteiger partial charge in [-0.15, -0.1) is 0 Å². The van der Waals surface area contributed by atoms with E-state index in [-0.39, 0.29) is 25.8 Å². The smallest absolute Gasteiger partial charge is 0.326 e. The Labute approximate surface area is 364 Å². The second-order valence-electron chi connectivity index (χ2n) is 16.2. The lowest BCUT2D eigenvalue weighted by Gasteiger charge is -2.33. The first-order valence-electron chi connectivity index (χ1n) is 21.7. The van der Waals surface area contributed by atoms with E-state index in [9.17, 15) is 43.5 Å². The maximum atomic E-state index is 14.5. The van der Waals surface area contributed by atoms with Crippen LogP contribution in [0.15, 0.2) is 60.7 Å². The number of rotatable bonds is 16. The number of amides is 8. The van der Waals surface area contributed by atoms with Gasteiger partial charge in [0, 0.05) is 20.0 Å². The first-order chi connectivity index (χ1) is 29.6. The van der Waals surface area contributed by atoms with E-state index in [1.165, 1.54) is 7.05 Å². The molecule has 1 aliphatic heterocycles. The molecule has 8 atom stereocenters. The van der Waals surface area contributed by atoms with Gasteiger partial charge in [-0.05, 0) is 61.5 Å². The molecule has 0 spiro atoms. The minimum Gasteiger partial charge on any atom is -0.480 e. The van der Waals surface area contributed by atoms with Crippen molar-refractivity contribution in [1.82, 2.24) is 36.8 Å². The molecule has 1 heterocycles. The topological polar surface area (TPSA) is 258 Å². The predicted molar refractivity (Wildman–Crippen MR) is 233 cm³/mol. The number of nitrogens with two attached hydrogens (primary N) is 1. The molecule has 9 N–H and O–H groups in total. The highest BCUT2D eigenvalue weighted by Crippen LogP contribution is 2.16. The number of urea groups is 1. The van der Waals surface area contributed by atoms with E-state index < -0.39 is 102 Å². The molecule has 17 nitrogen and oxygen atoms in total. The number of nitrogens with one attached hydrogen (secondary N) is 6. The third-order valence-corrected chi connectivity index (χ3v) is 11.5. The van der Waals surface area contributed by atoms with Crippen LogP contribution in [0.4, 0.5) is 4.79 Å². The summed E-state index contributed by atoms with van der Waals surface area (Å²) in [6.07, 6.45) is 3.05. The summed E-state index contributed by atoms with van der Waals surface area (Å²) in [7, 11) is 1.33. The highest BCUT2D eigenvalue weighted by molar-refractivity contribution is 5.98. The molecule has 1 saturated heterocycles. The van der Waals surface area contributed by atoms with Gasteiger partial charge in [0.2, 0.25) is 35.4 Å². The van der Waals surface area contributed by atoms with Gasteiger partial charge in [-0.2, -0.15) is 0 Å². The Balaban J connectivity index is 2.04. The molecule has 1 fully saturated rings. The molecule has 0 saturated carbocycles. The number of carbonyl (C=O) groups is 8. The van der Waals surface area contributed by atoms with Crippen molar-refractivity contribution < 1.29 is 43.5 Å². The van der Waals surface area contributed by atoms with Crippen molar-refractivity contribution in [3.8, 4) is 0 Å². The lowest BCUT2D eigenvalue weighted by molar-refractivity contribution is -0.144. The largest absolute Gasteiger partial charge is 0.480 e. The first-order valence-corrected chi connectivity index (χ1v) is 21.7. The molecule has 17 heteroatoms. The standard InChI is InChI=1S/C45H66N8O9/c1-6-28(3)37-42(58)48-33(24-15-14-20-30-18-10-8-11-19-30)43(59)53(5)35(27-36(46)54)41(57)49-34(26-31-21-12-9-13-22-31)39(55)47-25-17-16-23-32(40(56)51-37)50-45(62)52-38(44(60)61)29(4)7-2/h8-13,18-19,21-22,28-29,32-35,37-38H,6-7,14-17,20,23-27H2,1-5H3,(H2,46,54)(H,47,55)(H,48,58)(H,49,57)(H,51,56)(H,60,61)(H2,50,52,62)/t28-,29+,32+,33-,34-,35-,37+,38-/m0/s1. The molecule has 1 aliphatic rings. The van der Waals surface area contributed by atoms with Crippen molar-refractivity contribution in [1.29, 1.82) is 0 Å². The lowest BCUT2D eigenvalue weighted by Crippen LogP contribution is -2.61. The lowest BCUT2D eigenvalue weighted by atomic mass is 9.96. The van der Waals surface area contributed by atoms with E-state index in [4.69, 9.17) is 5.73 Å². The SMILES string of the molecule is CC[C@@H](C)[C@H](NC(=O)N[C@@H]1CCCCNC(=O)[C@H](Cc2ccccc2)NC(=O)[C@H](CC(N)=O)N(C)C(=O)[C@H](CCCCc2ccccc2)NC(=O)[C@@H]([C@@H](C)CC)NC1=O)C(=O)O. The summed E-state index contributed by atoms with van der Waals surface area (Å²) >= 11 is 0. The first kappa shape index (κ1) is 50.4. The maximum absolute atomic E-state index is 14.5. The molecular formula is C45H66N8O9. The summed E-state index contributed by atoms with van der Waals surface area (Å²) in [6, 6.07) is 10.4. The predicted octanol–water partition coefficient (Wildman–Crippen LogP) is 2.31. The second kappa shape index (κ2) is 25.7. The van der Waals surface area contributed by atoms with Crippen molar-refractivity contribution in [3.63, 3.8) is 0 Å². The van der Waals surface area contributed by atoms with E-state index in [0.717, 1.165) is 16.0 Å². The molecule has 0 bridgehead atoms. The van der Waals surface area contributed by atoms with Crippen LogP contribution in [0, 0.1) is 11.8 Å². The number of nitrogens with zero attached hydrogens (tertiary/aromatic N) is 1. The van der Waals surface area contributed by atoms with Gasteiger partial charge < -0.3 is 47.6 Å². The number of unbranched alkanes of at least 4 members (excludes halogenated alkanes) is 1. The van der Waals surface area contributed by atoms with Crippen molar-refractivity contribution in [2.24, 2.45) is 17.6 Å². The maximum Gasteiger partial charge on any atom is 0.326 e. The number of carboxylic acid groups (broad SMARTS) is 1. The number of aliphatic carboxylic acids is 1. The normalized spacial score (nSPS) is 22.5. The van der Waals surface area contributed by atoms with E-state index in [1.54, 1.807) is 45.0 Å². The second-order valence-corrected chi connectivity index (χ2v) is 16.2. The molecule has 0 aliphatic carbocycles. The third-order valence-electron chi connectivity index (χ3n) is 11.5. The van der Waals surface area contributed by atoms with Gasteiger partial charge >= 0.3 is 12.0 Å². The molecule has 2 aromatic rings. The van der Waals surface area contributed by atoms with E-state index in [0.29, 0.717) is 44.9 Å². The van der Waals surface area contributed by atoms with Crippen LogP contribution < -0.4 is 37.6 Å². The molecule has 0 radical (unpaired) electrons. The summed E-state index contributed by atoms with van der Waals surface area (Å²) in [5.74, 6) is -6.39. The Morgan fingerprint density at radius 3 is 2.03 bits per heavy atom. The van der Waals surface area contributed by atoms with Crippen molar-refractivity contribution in [2.45, 2.75) is 135 Å². The minimum atomic E-state index is -1.44. The van der Waals surface area contributed by atoms with Crippen LogP contribution in [-0.4, -0.2) is 107 Å². The zero-order valence-corrected chi connectivity index (χ0v) is 36.6. The molecule has 0 unspecified atom stereocenters. The molecule has 0 aromatic heterocycles. The highest BCUT2D eigenvalue weighted by atomic mass is 16.4. The molecule has 3 rings (SSSR count). The number of carbonyl (C=O) groups excluding carboxylic acids is 7. The van der Waals surface area contributed by atoms with Crippen molar-refractivity contribution >= 4 is 47.4 Å². The number of likely N-dealkylation sites (N-methyl/N-ethyl adjacent to an activating group) is 1. The number of primary amides is 1. The van der Waals surface area contributed by atoms with Crippen molar-refractivity contribution in [3.05, 3.63) is 71.8 Å². The zero-order valence-electron chi connectivity index (χ0n) is 36.6. The van der Waals surface area contributed by atoms with Gasteiger partial charge in [-0.3, -0.25) is 28.8 Å². The van der Waals surface area contributed by atoms with Gasteiger partial charge in [-0.25, -0.2) is 9.59 Å². The number of carboxylic acids is 1.